The smallest absolute Gasteiger partial charge is 0.138 e. The van der Waals surface area contributed by atoms with Crippen LogP contribution < -0.4 is 0 Å². The van der Waals surface area contributed by atoms with Crippen molar-refractivity contribution in [2.24, 2.45) is 0 Å². The van der Waals surface area contributed by atoms with Crippen LogP contribution in [-0.4, -0.2) is 9.97 Å². The second-order valence-electron chi connectivity index (χ2n) is 5.17. The lowest BCUT2D eigenvalue weighted by Crippen LogP contribution is -1.85. The lowest BCUT2D eigenvalue weighted by atomic mass is 9.99. The number of halogens is 1. The van der Waals surface area contributed by atoms with E-state index in [-0.39, 0.29) is 0 Å². The zero-order valence-electron chi connectivity index (χ0n) is 11.8. The Morgan fingerprint density at radius 2 is 1.59 bits per heavy atom. The zero-order valence-corrected chi connectivity index (χ0v) is 12.5. The van der Waals surface area contributed by atoms with Gasteiger partial charge in [0.25, 0.3) is 0 Å². The normalized spacial score (nSPS) is 11.0. The molecule has 0 unspecified atom stereocenters. The Kier molecular flexibility index (Phi) is 3.17. The number of hydrogen-bond donors (Lipinski definition) is 1. The highest BCUT2D eigenvalue weighted by Crippen LogP contribution is 2.34. The Morgan fingerprint density at radius 1 is 0.818 bits per heavy atom. The van der Waals surface area contributed by atoms with Crippen LogP contribution in [0.4, 0.5) is 0 Å². The summed E-state index contributed by atoms with van der Waals surface area (Å²) >= 11 is 6.56. The molecule has 2 aromatic heterocycles. The van der Waals surface area contributed by atoms with Crippen LogP contribution >= 0.6 is 11.6 Å². The maximum Gasteiger partial charge on any atom is 0.138 e. The molecule has 0 fully saturated rings. The molecule has 0 aliphatic rings. The molecule has 0 radical (unpaired) electrons. The van der Waals surface area contributed by atoms with E-state index in [1.54, 1.807) is 0 Å². The highest BCUT2D eigenvalue weighted by atomic mass is 35.5. The third-order valence-corrected chi connectivity index (χ3v) is 4.21. The molecule has 0 atom stereocenters. The first-order valence-corrected chi connectivity index (χ1v) is 7.48. The summed E-state index contributed by atoms with van der Waals surface area (Å²) in [5, 5.41) is 1.68. The molecule has 0 aliphatic carbocycles. The van der Waals surface area contributed by atoms with Gasteiger partial charge in [-0.15, -0.1) is 0 Å². The summed E-state index contributed by atoms with van der Waals surface area (Å²) < 4.78 is 0. The van der Waals surface area contributed by atoms with Crippen LogP contribution in [-0.2, 0) is 0 Å². The van der Waals surface area contributed by atoms with E-state index in [0.29, 0.717) is 0 Å². The molecule has 0 saturated heterocycles. The number of nitrogens with one attached hydrogen (secondary N) is 1. The minimum absolute atomic E-state index is 0.733. The first-order chi connectivity index (χ1) is 10.8. The maximum atomic E-state index is 6.56. The summed E-state index contributed by atoms with van der Waals surface area (Å²) in [6.07, 6.45) is 3.68. The molecular weight excluding hydrogens is 292 g/mol. The Hall–Kier alpha value is -2.58. The van der Waals surface area contributed by atoms with E-state index >= 15 is 0 Å². The van der Waals surface area contributed by atoms with Crippen LogP contribution in [0, 0.1) is 0 Å². The average molecular weight is 305 g/mol. The van der Waals surface area contributed by atoms with Crippen LogP contribution in [0.15, 0.2) is 73.1 Å². The Bertz CT molecular complexity index is 942. The number of fused-ring (bicyclic) bond motifs is 1. The molecule has 0 amide bonds. The van der Waals surface area contributed by atoms with Gasteiger partial charge in [0.15, 0.2) is 0 Å². The maximum absolute atomic E-state index is 6.56. The molecule has 0 spiro atoms. The number of pyridine rings is 1. The number of aromatic amines is 1. The average Bonchev–Trinajstić information content (AvgIpc) is 3.06. The predicted octanol–water partition coefficient (Wildman–Crippen LogP) is 5.55. The SMILES string of the molecule is Clc1c(-c2cccc(-c3ccccc3)c2)cnc2[nH]ccc12. The number of benzene rings is 2. The van der Waals surface area contributed by atoms with Crippen molar-refractivity contribution in [2.75, 3.05) is 0 Å². The van der Waals surface area contributed by atoms with E-state index < -0.39 is 0 Å². The van der Waals surface area contributed by atoms with E-state index in [1.807, 2.05) is 36.7 Å². The Labute approximate surface area is 133 Å². The molecule has 2 aromatic carbocycles. The van der Waals surface area contributed by atoms with Crippen molar-refractivity contribution in [3.8, 4) is 22.3 Å². The van der Waals surface area contributed by atoms with Gasteiger partial charge in [-0.05, 0) is 28.8 Å². The van der Waals surface area contributed by atoms with Crippen LogP contribution in [0.25, 0.3) is 33.3 Å². The van der Waals surface area contributed by atoms with Gasteiger partial charge in [0.2, 0.25) is 0 Å². The predicted molar refractivity (Wildman–Crippen MR) is 92.0 cm³/mol. The van der Waals surface area contributed by atoms with E-state index in [4.69, 9.17) is 11.6 Å². The minimum atomic E-state index is 0.733. The van der Waals surface area contributed by atoms with Crippen LogP contribution in [0.5, 0.6) is 0 Å². The van der Waals surface area contributed by atoms with E-state index in [9.17, 15) is 0 Å². The molecule has 2 nitrogen and oxygen atoms in total. The van der Waals surface area contributed by atoms with Crippen LogP contribution in [0.2, 0.25) is 5.02 Å². The van der Waals surface area contributed by atoms with E-state index in [1.165, 1.54) is 11.1 Å². The largest absolute Gasteiger partial charge is 0.346 e. The summed E-state index contributed by atoms with van der Waals surface area (Å²) in [6, 6.07) is 20.6. The van der Waals surface area contributed by atoms with Gasteiger partial charge in [-0.1, -0.05) is 60.1 Å². The van der Waals surface area contributed by atoms with Gasteiger partial charge >= 0.3 is 0 Å². The molecule has 3 heteroatoms. The van der Waals surface area contributed by atoms with Gasteiger partial charge < -0.3 is 4.98 Å². The summed E-state index contributed by atoms with van der Waals surface area (Å²) in [5.74, 6) is 0. The molecular formula is C19H13ClN2. The fraction of sp³-hybridized carbons (Fsp3) is 0. The second-order valence-corrected chi connectivity index (χ2v) is 5.55. The van der Waals surface area contributed by atoms with E-state index in [2.05, 4.69) is 46.4 Å². The molecule has 4 rings (SSSR count). The summed E-state index contributed by atoms with van der Waals surface area (Å²) in [6.45, 7) is 0. The lowest BCUT2D eigenvalue weighted by molar-refractivity contribution is 1.33. The minimum Gasteiger partial charge on any atom is -0.346 e. The fourth-order valence-electron chi connectivity index (χ4n) is 2.67. The first kappa shape index (κ1) is 13.1. The number of rotatable bonds is 2. The van der Waals surface area contributed by atoms with Gasteiger partial charge in [0.05, 0.1) is 5.02 Å². The van der Waals surface area contributed by atoms with Crippen molar-refractivity contribution in [1.29, 1.82) is 0 Å². The van der Waals surface area contributed by atoms with Gasteiger partial charge in [-0.3, -0.25) is 0 Å². The molecule has 22 heavy (non-hydrogen) atoms. The second kappa shape index (κ2) is 5.32. The highest BCUT2D eigenvalue weighted by molar-refractivity contribution is 6.38. The van der Waals surface area contributed by atoms with Crippen LogP contribution in [0.3, 0.4) is 0 Å². The van der Waals surface area contributed by atoms with Gasteiger partial charge in [-0.25, -0.2) is 4.98 Å². The molecule has 1 N–H and O–H groups in total. The molecule has 0 bridgehead atoms. The highest BCUT2D eigenvalue weighted by Gasteiger charge is 2.10. The van der Waals surface area contributed by atoms with Crippen LogP contribution in [0.1, 0.15) is 0 Å². The Morgan fingerprint density at radius 3 is 2.45 bits per heavy atom. The van der Waals surface area contributed by atoms with Gasteiger partial charge in [-0.2, -0.15) is 0 Å². The third-order valence-electron chi connectivity index (χ3n) is 3.80. The number of aromatic nitrogens is 2. The van der Waals surface area contributed by atoms with Crippen molar-refractivity contribution in [3.63, 3.8) is 0 Å². The molecule has 4 aromatic rings. The standard InChI is InChI=1S/C19H13ClN2/c20-18-16-9-10-21-19(16)22-12-17(18)15-8-4-7-14(11-15)13-5-2-1-3-6-13/h1-12H,(H,21,22). The zero-order chi connectivity index (χ0) is 14.9. The lowest BCUT2D eigenvalue weighted by Gasteiger charge is -2.08. The van der Waals surface area contributed by atoms with Crippen molar-refractivity contribution in [1.82, 2.24) is 9.97 Å². The fourth-order valence-corrected chi connectivity index (χ4v) is 2.98. The van der Waals surface area contributed by atoms with E-state index in [0.717, 1.165) is 27.2 Å². The number of H-pyrrole nitrogens is 1. The Balaban J connectivity index is 1.87. The molecule has 2 heterocycles. The van der Waals surface area contributed by atoms with Crippen molar-refractivity contribution in [2.45, 2.75) is 0 Å². The molecule has 0 aliphatic heterocycles. The van der Waals surface area contributed by atoms with Crippen molar-refractivity contribution in [3.05, 3.63) is 78.1 Å². The topological polar surface area (TPSA) is 28.7 Å². The number of hydrogen-bond acceptors (Lipinski definition) is 1. The molecule has 0 saturated carbocycles. The monoisotopic (exact) mass is 304 g/mol. The number of nitrogens with zero attached hydrogens (tertiary/aromatic N) is 1. The van der Waals surface area contributed by atoms with Gasteiger partial charge in [0, 0.05) is 23.3 Å². The summed E-state index contributed by atoms with van der Waals surface area (Å²) in [4.78, 5) is 7.52. The first-order valence-electron chi connectivity index (χ1n) is 7.10. The molecule has 106 valence electrons. The summed E-state index contributed by atoms with van der Waals surface area (Å²) in [7, 11) is 0. The third kappa shape index (κ3) is 2.18. The quantitative estimate of drug-likeness (QED) is 0.516. The van der Waals surface area contributed by atoms with Crippen molar-refractivity contribution >= 4 is 22.6 Å². The summed E-state index contributed by atoms with van der Waals surface area (Å²) in [5.41, 5.74) is 5.20. The van der Waals surface area contributed by atoms with Crippen molar-refractivity contribution < 1.29 is 0 Å². The van der Waals surface area contributed by atoms with Gasteiger partial charge in [0.1, 0.15) is 5.65 Å².